The number of aryl methyl sites for hydroxylation is 2. The van der Waals surface area contributed by atoms with Crippen LogP contribution in [0.25, 0.3) is 11.3 Å². The van der Waals surface area contributed by atoms with Crippen molar-refractivity contribution < 1.29 is 4.79 Å². The van der Waals surface area contributed by atoms with Gasteiger partial charge in [0.1, 0.15) is 5.82 Å². The summed E-state index contributed by atoms with van der Waals surface area (Å²) in [4.78, 5) is 20.4. The molecule has 1 aromatic carbocycles. The third-order valence-electron chi connectivity index (χ3n) is 3.49. The number of carbonyl (C=O) groups is 1. The third-order valence-corrected chi connectivity index (χ3v) is 3.49. The molecular weight excluding hydrogens is 292 g/mol. The minimum absolute atomic E-state index is 0.227. The van der Waals surface area contributed by atoms with Crippen molar-refractivity contribution in [3.8, 4) is 11.3 Å². The molecule has 7 nitrogen and oxygen atoms in total. The van der Waals surface area contributed by atoms with Gasteiger partial charge < -0.3 is 9.88 Å². The minimum Gasteiger partial charge on any atom is -0.348 e. The normalized spacial score (nSPS) is 10.7. The van der Waals surface area contributed by atoms with Crippen molar-refractivity contribution in [1.82, 2.24) is 29.6 Å². The SMILES string of the molecule is Cc1nc(C(=O)NCCn2cncc2-c2ccccc2)n(C)n1. The topological polar surface area (TPSA) is 77.6 Å². The van der Waals surface area contributed by atoms with Gasteiger partial charge in [-0.2, -0.15) is 5.10 Å². The lowest BCUT2D eigenvalue weighted by Gasteiger charge is -2.09. The van der Waals surface area contributed by atoms with Crippen LogP contribution in [0.15, 0.2) is 42.9 Å². The van der Waals surface area contributed by atoms with Crippen molar-refractivity contribution in [3.05, 3.63) is 54.5 Å². The maximum atomic E-state index is 12.1. The Kier molecular flexibility index (Phi) is 4.18. The number of rotatable bonds is 5. The van der Waals surface area contributed by atoms with Crippen molar-refractivity contribution in [3.63, 3.8) is 0 Å². The van der Waals surface area contributed by atoms with Crippen molar-refractivity contribution in [2.45, 2.75) is 13.5 Å². The molecule has 118 valence electrons. The van der Waals surface area contributed by atoms with Gasteiger partial charge in [0.2, 0.25) is 5.82 Å². The Labute approximate surface area is 134 Å². The molecule has 3 aromatic rings. The molecule has 0 aliphatic heterocycles. The first-order valence-electron chi connectivity index (χ1n) is 7.36. The van der Waals surface area contributed by atoms with Gasteiger partial charge in [-0.3, -0.25) is 4.79 Å². The van der Waals surface area contributed by atoms with Crippen LogP contribution in [0.3, 0.4) is 0 Å². The van der Waals surface area contributed by atoms with Gasteiger partial charge in [-0.25, -0.2) is 14.6 Å². The van der Waals surface area contributed by atoms with E-state index >= 15 is 0 Å². The van der Waals surface area contributed by atoms with Crippen LogP contribution in [0.4, 0.5) is 0 Å². The quantitative estimate of drug-likeness (QED) is 0.773. The number of amides is 1. The van der Waals surface area contributed by atoms with E-state index in [1.54, 1.807) is 20.3 Å². The molecule has 0 aliphatic carbocycles. The Bertz CT molecular complexity index is 805. The van der Waals surface area contributed by atoms with Gasteiger partial charge in [0.15, 0.2) is 0 Å². The summed E-state index contributed by atoms with van der Waals surface area (Å²) in [5.74, 6) is 0.671. The number of hydrogen-bond acceptors (Lipinski definition) is 4. The van der Waals surface area contributed by atoms with E-state index in [2.05, 4.69) is 20.4 Å². The highest BCUT2D eigenvalue weighted by Crippen LogP contribution is 2.17. The largest absolute Gasteiger partial charge is 0.348 e. The first kappa shape index (κ1) is 15.0. The molecule has 0 fully saturated rings. The predicted octanol–water partition coefficient (Wildman–Crippen LogP) is 1.42. The molecule has 0 spiro atoms. The van der Waals surface area contributed by atoms with Crippen LogP contribution >= 0.6 is 0 Å². The number of aromatic nitrogens is 5. The number of hydrogen-bond donors (Lipinski definition) is 1. The second kappa shape index (κ2) is 6.43. The fourth-order valence-corrected chi connectivity index (χ4v) is 2.43. The van der Waals surface area contributed by atoms with Crippen LogP contribution in [-0.4, -0.2) is 36.8 Å². The highest BCUT2D eigenvalue weighted by Gasteiger charge is 2.13. The number of carbonyl (C=O) groups excluding carboxylic acids is 1. The Morgan fingerprint density at radius 3 is 2.74 bits per heavy atom. The van der Waals surface area contributed by atoms with Crippen LogP contribution in [0, 0.1) is 6.92 Å². The van der Waals surface area contributed by atoms with E-state index < -0.39 is 0 Å². The Morgan fingerprint density at radius 1 is 1.26 bits per heavy atom. The fraction of sp³-hybridized carbons (Fsp3) is 0.250. The zero-order valence-electron chi connectivity index (χ0n) is 13.1. The molecule has 0 radical (unpaired) electrons. The average molecular weight is 310 g/mol. The standard InChI is InChI=1S/C16H18N6O/c1-12-19-15(21(2)20-12)16(23)18-8-9-22-11-17-10-14(22)13-6-4-3-5-7-13/h3-7,10-11H,8-9H2,1-2H3,(H,18,23). The molecule has 1 amide bonds. The van der Waals surface area contributed by atoms with Gasteiger partial charge in [-0.05, 0) is 12.5 Å². The van der Waals surface area contributed by atoms with E-state index in [1.165, 1.54) is 4.68 Å². The van der Waals surface area contributed by atoms with Gasteiger partial charge in [-0.1, -0.05) is 30.3 Å². The highest BCUT2D eigenvalue weighted by molar-refractivity contribution is 5.90. The molecule has 0 saturated carbocycles. The lowest BCUT2D eigenvalue weighted by molar-refractivity contribution is 0.0937. The van der Waals surface area contributed by atoms with Crippen LogP contribution in [0.1, 0.15) is 16.4 Å². The third kappa shape index (κ3) is 3.28. The summed E-state index contributed by atoms with van der Waals surface area (Å²) >= 11 is 0. The van der Waals surface area contributed by atoms with Crippen LogP contribution in [0.2, 0.25) is 0 Å². The van der Waals surface area contributed by atoms with Gasteiger partial charge in [0.05, 0.1) is 18.2 Å². The molecule has 2 heterocycles. The van der Waals surface area contributed by atoms with Crippen LogP contribution in [0.5, 0.6) is 0 Å². The molecule has 7 heteroatoms. The summed E-state index contributed by atoms with van der Waals surface area (Å²) < 4.78 is 3.49. The lowest BCUT2D eigenvalue weighted by Crippen LogP contribution is -2.29. The van der Waals surface area contributed by atoms with E-state index in [4.69, 9.17) is 0 Å². The summed E-state index contributed by atoms with van der Waals surface area (Å²) in [5.41, 5.74) is 2.12. The highest BCUT2D eigenvalue weighted by atomic mass is 16.2. The summed E-state index contributed by atoms with van der Waals surface area (Å²) in [7, 11) is 1.71. The van der Waals surface area contributed by atoms with Crippen molar-refractivity contribution in [1.29, 1.82) is 0 Å². The smallest absolute Gasteiger partial charge is 0.288 e. The Hall–Kier alpha value is -2.96. The second-order valence-corrected chi connectivity index (χ2v) is 5.20. The van der Waals surface area contributed by atoms with Crippen molar-refractivity contribution >= 4 is 5.91 Å². The Balaban J connectivity index is 1.63. The molecule has 0 saturated heterocycles. The number of nitrogens with one attached hydrogen (secondary N) is 1. The summed E-state index contributed by atoms with van der Waals surface area (Å²) in [6.07, 6.45) is 3.59. The fourth-order valence-electron chi connectivity index (χ4n) is 2.43. The number of imidazole rings is 1. The Morgan fingerprint density at radius 2 is 2.04 bits per heavy atom. The summed E-state index contributed by atoms with van der Waals surface area (Å²) in [5, 5.41) is 6.93. The van der Waals surface area contributed by atoms with Gasteiger partial charge >= 0.3 is 0 Å². The maximum absolute atomic E-state index is 12.1. The average Bonchev–Trinajstić information content (AvgIpc) is 3.14. The molecule has 0 aliphatic rings. The van der Waals surface area contributed by atoms with Crippen molar-refractivity contribution in [2.75, 3.05) is 6.54 Å². The maximum Gasteiger partial charge on any atom is 0.288 e. The summed E-state index contributed by atoms with van der Waals surface area (Å²) in [6.45, 7) is 2.88. The van der Waals surface area contributed by atoms with Gasteiger partial charge in [0, 0.05) is 20.1 Å². The second-order valence-electron chi connectivity index (χ2n) is 5.20. The van der Waals surface area contributed by atoms with E-state index in [0.29, 0.717) is 24.7 Å². The first-order valence-corrected chi connectivity index (χ1v) is 7.36. The molecule has 2 aromatic heterocycles. The molecule has 0 unspecified atom stereocenters. The first-order chi connectivity index (χ1) is 11.1. The van der Waals surface area contributed by atoms with E-state index in [0.717, 1.165) is 11.3 Å². The minimum atomic E-state index is -0.227. The van der Waals surface area contributed by atoms with E-state index in [-0.39, 0.29) is 5.91 Å². The van der Waals surface area contributed by atoms with Crippen molar-refractivity contribution in [2.24, 2.45) is 7.05 Å². The zero-order valence-corrected chi connectivity index (χ0v) is 13.1. The molecule has 3 rings (SSSR count). The van der Waals surface area contributed by atoms with Crippen LogP contribution in [-0.2, 0) is 13.6 Å². The van der Waals surface area contributed by atoms with Crippen LogP contribution < -0.4 is 5.32 Å². The van der Waals surface area contributed by atoms with E-state index in [9.17, 15) is 4.79 Å². The number of nitrogens with zero attached hydrogens (tertiary/aromatic N) is 5. The predicted molar refractivity (Wildman–Crippen MR) is 85.7 cm³/mol. The molecule has 23 heavy (non-hydrogen) atoms. The van der Waals surface area contributed by atoms with Gasteiger partial charge in [0.25, 0.3) is 5.91 Å². The molecular formula is C16H18N6O. The summed E-state index contributed by atoms with van der Waals surface area (Å²) in [6, 6.07) is 10.0. The number of benzene rings is 1. The monoisotopic (exact) mass is 310 g/mol. The zero-order chi connectivity index (χ0) is 16.2. The molecule has 0 bridgehead atoms. The lowest BCUT2D eigenvalue weighted by atomic mass is 10.2. The van der Waals surface area contributed by atoms with Gasteiger partial charge in [-0.15, -0.1) is 0 Å². The molecule has 1 N–H and O–H groups in total. The van der Waals surface area contributed by atoms with E-state index in [1.807, 2.05) is 41.1 Å². The molecule has 0 atom stereocenters.